The fourth-order valence-corrected chi connectivity index (χ4v) is 1.63. The Balaban J connectivity index is 2.09. The van der Waals surface area contributed by atoms with Gasteiger partial charge in [0.2, 0.25) is 5.96 Å². The molecule has 6 heteroatoms. The van der Waals surface area contributed by atoms with Crippen LogP contribution in [-0.4, -0.2) is 56.8 Å². The van der Waals surface area contributed by atoms with E-state index in [-0.39, 0.29) is 0 Å². The van der Waals surface area contributed by atoms with E-state index in [9.17, 15) is 0 Å². The lowest BCUT2D eigenvalue weighted by molar-refractivity contribution is 0.0377. The van der Waals surface area contributed by atoms with Gasteiger partial charge in [0, 0.05) is 32.7 Å². The van der Waals surface area contributed by atoms with Crippen molar-refractivity contribution in [2.45, 2.75) is 13.3 Å². The summed E-state index contributed by atoms with van der Waals surface area (Å²) >= 11 is 0. The number of nitrogens with one attached hydrogen (secondary N) is 2. The molecule has 0 atom stereocenters. The van der Waals surface area contributed by atoms with Crippen LogP contribution in [0.15, 0.2) is 4.99 Å². The zero-order valence-corrected chi connectivity index (χ0v) is 10.0. The van der Waals surface area contributed by atoms with Gasteiger partial charge in [-0.3, -0.25) is 15.3 Å². The van der Waals surface area contributed by atoms with Crippen LogP contribution in [0.3, 0.4) is 0 Å². The number of hydrogen-bond donors (Lipinski definition) is 3. The second-order valence-corrected chi connectivity index (χ2v) is 3.71. The number of nitrogens with zero attached hydrogens (tertiary/aromatic N) is 2. The molecular weight excluding hydrogens is 206 g/mol. The smallest absolute Gasteiger partial charge is 0.205 e. The lowest BCUT2D eigenvalue weighted by Gasteiger charge is -2.26. The number of nitrogens with two attached hydrogens (primary N) is 1. The van der Waals surface area contributed by atoms with Crippen LogP contribution in [0.4, 0.5) is 0 Å². The van der Waals surface area contributed by atoms with Crippen molar-refractivity contribution in [1.82, 2.24) is 15.6 Å². The number of aliphatic imine (C=N–C) groups is 1. The standard InChI is InChI=1S/C10H23N5O/c1-2-12-10(14-11)13-4-3-5-15-6-8-16-9-7-15/h2-9,11H2,1H3,(H2,12,13,14). The van der Waals surface area contributed by atoms with Gasteiger partial charge in [0.25, 0.3) is 0 Å². The second kappa shape index (κ2) is 8.32. The van der Waals surface area contributed by atoms with Crippen molar-refractivity contribution in [3.8, 4) is 0 Å². The zero-order chi connectivity index (χ0) is 11.6. The molecule has 4 N–H and O–H groups in total. The highest BCUT2D eigenvalue weighted by Gasteiger charge is 2.08. The van der Waals surface area contributed by atoms with E-state index in [0.717, 1.165) is 52.4 Å². The number of guanidine groups is 1. The van der Waals surface area contributed by atoms with Gasteiger partial charge in [-0.05, 0) is 13.3 Å². The minimum absolute atomic E-state index is 0.671. The average molecular weight is 229 g/mol. The van der Waals surface area contributed by atoms with Crippen molar-refractivity contribution in [2.24, 2.45) is 10.8 Å². The van der Waals surface area contributed by atoms with Crippen LogP contribution in [0.2, 0.25) is 0 Å². The van der Waals surface area contributed by atoms with Gasteiger partial charge >= 0.3 is 0 Å². The molecule has 1 heterocycles. The molecule has 1 fully saturated rings. The van der Waals surface area contributed by atoms with E-state index in [1.165, 1.54) is 0 Å². The van der Waals surface area contributed by atoms with E-state index in [1.807, 2.05) is 6.92 Å². The van der Waals surface area contributed by atoms with Crippen molar-refractivity contribution in [1.29, 1.82) is 0 Å². The van der Waals surface area contributed by atoms with Gasteiger partial charge in [-0.1, -0.05) is 0 Å². The first-order chi connectivity index (χ1) is 7.86. The Bertz CT molecular complexity index is 203. The Hall–Kier alpha value is -0.850. The predicted molar refractivity (Wildman–Crippen MR) is 65.2 cm³/mol. The topological polar surface area (TPSA) is 74.9 Å². The maximum Gasteiger partial charge on any atom is 0.205 e. The van der Waals surface area contributed by atoms with Crippen LogP contribution in [0, 0.1) is 0 Å². The van der Waals surface area contributed by atoms with Gasteiger partial charge in [0.05, 0.1) is 13.2 Å². The Morgan fingerprint density at radius 2 is 2.19 bits per heavy atom. The molecule has 0 aromatic heterocycles. The molecular formula is C10H23N5O. The first kappa shape index (κ1) is 13.2. The maximum absolute atomic E-state index is 5.31. The van der Waals surface area contributed by atoms with Crippen molar-refractivity contribution in [3.05, 3.63) is 0 Å². The van der Waals surface area contributed by atoms with Crippen LogP contribution >= 0.6 is 0 Å². The first-order valence-electron chi connectivity index (χ1n) is 5.92. The quantitative estimate of drug-likeness (QED) is 0.188. The molecule has 1 saturated heterocycles. The monoisotopic (exact) mass is 229 g/mol. The van der Waals surface area contributed by atoms with Crippen LogP contribution in [0.5, 0.6) is 0 Å². The highest BCUT2D eigenvalue weighted by Crippen LogP contribution is 1.97. The van der Waals surface area contributed by atoms with Gasteiger partial charge in [-0.15, -0.1) is 0 Å². The van der Waals surface area contributed by atoms with Crippen LogP contribution in [-0.2, 0) is 4.74 Å². The third kappa shape index (κ3) is 5.29. The normalized spacial score (nSPS) is 18.5. The molecule has 1 aliphatic rings. The highest BCUT2D eigenvalue weighted by molar-refractivity contribution is 5.78. The summed E-state index contributed by atoms with van der Waals surface area (Å²) in [5.74, 6) is 5.98. The third-order valence-electron chi connectivity index (χ3n) is 2.49. The van der Waals surface area contributed by atoms with Crippen LogP contribution in [0.25, 0.3) is 0 Å². The molecule has 0 bridgehead atoms. The number of hydrogen-bond acceptors (Lipinski definition) is 4. The molecule has 0 amide bonds. The fraction of sp³-hybridized carbons (Fsp3) is 0.900. The van der Waals surface area contributed by atoms with Gasteiger partial charge in [-0.25, -0.2) is 5.84 Å². The van der Waals surface area contributed by atoms with E-state index in [4.69, 9.17) is 10.6 Å². The molecule has 1 aliphatic heterocycles. The Morgan fingerprint density at radius 3 is 2.81 bits per heavy atom. The minimum Gasteiger partial charge on any atom is -0.379 e. The third-order valence-corrected chi connectivity index (χ3v) is 2.49. The number of morpholine rings is 1. The summed E-state index contributed by atoms with van der Waals surface area (Å²) in [6.07, 6.45) is 1.05. The predicted octanol–water partition coefficient (Wildman–Crippen LogP) is -0.862. The Morgan fingerprint density at radius 1 is 1.44 bits per heavy atom. The molecule has 0 spiro atoms. The maximum atomic E-state index is 5.31. The van der Waals surface area contributed by atoms with E-state index < -0.39 is 0 Å². The number of ether oxygens (including phenoxy) is 1. The van der Waals surface area contributed by atoms with Crippen molar-refractivity contribution in [2.75, 3.05) is 45.9 Å². The van der Waals surface area contributed by atoms with Crippen molar-refractivity contribution < 1.29 is 4.74 Å². The number of hydrazine groups is 1. The second-order valence-electron chi connectivity index (χ2n) is 3.71. The molecule has 0 radical (unpaired) electrons. The average Bonchev–Trinajstić information content (AvgIpc) is 2.34. The van der Waals surface area contributed by atoms with Gasteiger partial charge in [-0.2, -0.15) is 0 Å². The molecule has 1 rings (SSSR count). The summed E-state index contributed by atoms with van der Waals surface area (Å²) < 4.78 is 5.29. The van der Waals surface area contributed by atoms with E-state index >= 15 is 0 Å². The Kier molecular flexibility index (Phi) is 6.87. The van der Waals surface area contributed by atoms with E-state index in [0.29, 0.717) is 5.96 Å². The molecule has 0 aliphatic carbocycles. The molecule has 6 nitrogen and oxygen atoms in total. The zero-order valence-electron chi connectivity index (χ0n) is 10.0. The first-order valence-corrected chi connectivity index (χ1v) is 5.92. The Labute approximate surface area is 97.2 Å². The SMILES string of the molecule is CCNC(=NCCCN1CCOCC1)NN. The van der Waals surface area contributed by atoms with Gasteiger partial charge in [0.1, 0.15) is 0 Å². The largest absolute Gasteiger partial charge is 0.379 e. The van der Waals surface area contributed by atoms with Gasteiger partial charge < -0.3 is 10.1 Å². The molecule has 0 unspecified atom stereocenters. The van der Waals surface area contributed by atoms with Crippen molar-refractivity contribution in [3.63, 3.8) is 0 Å². The lowest BCUT2D eigenvalue weighted by Crippen LogP contribution is -2.41. The highest BCUT2D eigenvalue weighted by atomic mass is 16.5. The molecule has 0 aromatic carbocycles. The number of rotatable bonds is 5. The van der Waals surface area contributed by atoms with Crippen LogP contribution in [0.1, 0.15) is 13.3 Å². The molecule has 0 aromatic rings. The van der Waals surface area contributed by atoms with E-state index in [1.54, 1.807) is 0 Å². The summed E-state index contributed by atoms with van der Waals surface area (Å²) in [6.45, 7) is 8.51. The summed E-state index contributed by atoms with van der Waals surface area (Å²) in [5, 5.41) is 3.05. The van der Waals surface area contributed by atoms with Crippen molar-refractivity contribution >= 4 is 5.96 Å². The summed E-state index contributed by atoms with van der Waals surface area (Å²) in [7, 11) is 0. The summed E-state index contributed by atoms with van der Waals surface area (Å²) in [5.41, 5.74) is 2.55. The summed E-state index contributed by atoms with van der Waals surface area (Å²) in [6, 6.07) is 0. The molecule has 94 valence electrons. The van der Waals surface area contributed by atoms with Crippen LogP contribution < -0.4 is 16.6 Å². The molecule has 0 saturated carbocycles. The van der Waals surface area contributed by atoms with E-state index in [2.05, 4.69) is 20.6 Å². The van der Waals surface area contributed by atoms with Gasteiger partial charge in [0.15, 0.2) is 0 Å². The lowest BCUT2D eigenvalue weighted by atomic mass is 10.3. The molecule has 16 heavy (non-hydrogen) atoms. The minimum atomic E-state index is 0.671. The summed E-state index contributed by atoms with van der Waals surface area (Å²) in [4.78, 5) is 6.73. The fourth-order valence-electron chi connectivity index (χ4n) is 1.63.